The summed E-state index contributed by atoms with van der Waals surface area (Å²) in [7, 11) is 1.61. The molecule has 1 aliphatic heterocycles. The van der Waals surface area contributed by atoms with Gasteiger partial charge in [-0.15, -0.1) is 10.2 Å². The van der Waals surface area contributed by atoms with Crippen LogP contribution in [0.15, 0.2) is 83.9 Å². The first kappa shape index (κ1) is 25.0. The van der Waals surface area contributed by atoms with Crippen molar-refractivity contribution >= 4 is 22.5 Å². The average Bonchev–Trinajstić information content (AvgIpc) is 3.51. The predicted molar refractivity (Wildman–Crippen MR) is 151 cm³/mol. The third kappa shape index (κ3) is 4.68. The number of H-pyrrole nitrogens is 1. The number of benzene rings is 3. The number of aromatic amines is 1. The Balaban J connectivity index is 0.000000845. The first-order chi connectivity index (χ1) is 18.5. The molecule has 8 nitrogen and oxygen atoms in total. The van der Waals surface area contributed by atoms with Crippen molar-refractivity contribution in [3.8, 4) is 11.4 Å². The van der Waals surface area contributed by atoms with Gasteiger partial charge in [-0.2, -0.15) is 0 Å². The van der Waals surface area contributed by atoms with Crippen LogP contribution in [0.3, 0.4) is 0 Å². The van der Waals surface area contributed by atoms with Crippen LogP contribution < -0.4 is 10.1 Å². The zero-order valence-electron chi connectivity index (χ0n) is 21.9. The van der Waals surface area contributed by atoms with Crippen molar-refractivity contribution in [1.29, 1.82) is 0 Å². The van der Waals surface area contributed by atoms with E-state index in [0.29, 0.717) is 23.1 Å². The Morgan fingerprint density at radius 2 is 1.76 bits per heavy atom. The number of para-hydroxylation sites is 1. The molecular formula is C30H32N6O2. The maximum atomic E-state index is 13.4. The lowest BCUT2D eigenvalue weighted by atomic mass is 10.0. The van der Waals surface area contributed by atoms with E-state index >= 15 is 0 Å². The Kier molecular flexibility index (Phi) is 7.04. The molecule has 194 valence electrons. The van der Waals surface area contributed by atoms with E-state index in [9.17, 15) is 4.79 Å². The molecule has 3 heterocycles. The SMILES string of the molecule is CCC.COc1ccc2cc(C(=O)NC3N=C(c4ccccc4)c4ccccc4-n4c(C)nnc43)[nH]c2c1.[HH]. The van der Waals surface area contributed by atoms with Crippen LogP contribution in [0.1, 0.15) is 61.1 Å². The van der Waals surface area contributed by atoms with Crippen LogP contribution in [-0.4, -0.2) is 38.5 Å². The van der Waals surface area contributed by atoms with Crippen molar-refractivity contribution in [3.63, 3.8) is 0 Å². The van der Waals surface area contributed by atoms with Gasteiger partial charge in [-0.05, 0) is 31.2 Å². The third-order valence-electron chi connectivity index (χ3n) is 6.14. The van der Waals surface area contributed by atoms with E-state index in [4.69, 9.17) is 9.73 Å². The summed E-state index contributed by atoms with van der Waals surface area (Å²) in [5.74, 6) is 1.69. The molecule has 1 aliphatic rings. The van der Waals surface area contributed by atoms with Crippen LogP contribution in [0.5, 0.6) is 5.75 Å². The van der Waals surface area contributed by atoms with Gasteiger partial charge in [-0.1, -0.05) is 68.8 Å². The number of fused-ring (bicyclic) bond motifs is 4. The number of aliphatic imine (C=N–C) groups is 1. The fourth-order valence-corrected chi connectivity index (χ4v) is 4.46. The van der Waals surface area contributed by atoms with E-state index in [2.05, 4.69) is 34.3 Å². The lowest BCUT2D eigenvalue weighted by Gasteiger charge is -2.14. The highest BCUT2D eigenvalue weighted by atomic mass is 16.5. The highest BCUT2D eigenvalue weighted by Crippen LogP contribution is 2.30. The number of nitrogens with zero attached hydrogens (tertiary/aromatic N) is 4. The van der Waals surface area contributed by atoms with Gasteiger partial charge in [0.25, 0.3) is 5.91 Å². The quantitative estimate of drug-likeness (QED) is 0.311. The van der Waals surface area contributed by atoms with Gasteiger partial charge in [-0.3, -0.25) is 14.4 Å². The minimum absolute atomic E-state index is 0. The van der Waals surface area contributed by atoms with Gasteiger partial charge >= 0.3 is 0 Å². The number of amides is 1. The molecule has 0 radical (unpaired) electrons. The van der Waals surface area contributed by atoms with Crippen LogP contribution in [0.2, 0.25) is 0 Å². The van der Waals surface area contributed by atoms with Crippen molar-refractivity contribution < 1.29 is 11.0 Å². The summed E-state index contributed by atoms with van der Waals surface area (Å²) in [5.41, 5.74) is 4.83. The molecule has 0 spiro atoms. The zero-order chi connectivity index (χ0) is 26.6. The summed E-state index contributed by atoms with van der Waals surface area (Å²) in [6, 6.07) is 25.4. The average molecular weight is 509 g/mol. The normalized spacial score (nSPS) is 13.9. The van der Waals surface area contributed by atoms with Gasteiger partial charge in [-0.25, -0.2) is 0 Å². The van der Waals surface area contributed by atoms with E-state index in [1.54, 1.807) is 7.11 Å². The topological polar surface area (TPSA) is 97.2 Å². The van der Waals surface area contributed by atoms with Crippen LogP contribution >= 0.6 is 0 Å². The minimum Gasteiger partial charge on any atom is -0.497 e. The molecule has 38 heavy (non-hydrogen) atoms. The number of aryl methyl sites for hydroxylation is 1. The molecule has 6 rings (SSSR count). The van der Waals surface area contributed by atoms with E-state index < -0.39 is 6.17 Å². The molecule has 0 fully saturated rings. The lowest BCUT2D eigenvalue weighted by Crippen LogP contribution is -2.29. The summed E-state index contributed by atoms with van der Waals surface area (Å²) in [6.07, 6.45) is 0.507. The smallest absolute Gasteiger partial charge is 0.269 e. The fourth-order valence-electron chi connectivity index (χ4n) is 4.46. The second kappa shape index (κ2) is 10.7. The molecule has 3 aromatic carbocycles. The predicted octanol–water partition coefficient (Wildman–Crippen LogP) is 6.01. The molecule has 0 bridgehead atoms. The Morgan fingerprint density at radius 1 is 1.03 bits per heavy atom. The number of nitrogens with one attached hydrogen (secondary N) is 2. The second-order valence-corrected chi connectivity index (χ2v) is 9.02. The van der Waals surface area contributed by atoms with Crippen molar-refractivity contribution in [1.82, 2.24) is 25.1 Å². The molecule has 2 aromatic heterocycles. The van der Waals surface area contributed by atoms with Crippen LogP contribution in [0.4, 0.5) is 0 Å². The van der Waals surface area contributed by atoms with E-state index in [0.717, 1.165) is 33.4 Å². The summed E-state index contributed by atoms with van der Waals surface area (Å²) in [4.78, 5) is 21.6. The number of methoxy groups -OCH3 is 1. The number of rotatable bonds is 4. The van der Waals surface area contributed by atoms with E-state index in [-0.39, 0.29) is 7.33 Å². The maximum absolute atomic E-state index is 13.4. The Bertz CT molecular complexity index is 1620. The zero-order valence-corrected chi connectivity index (χ0v) is 21.9. The van der Waals surface area contributed by atoms with Crippen molar-refractivity contribution in [3.05, 3.63) is 107 Å². The number of hydrogen-bond acceptors (Lipinski definition) is 5. The molecule has 0 saturated heterocycles. The molecular weight excluding hydrogens is 476 g/mol. The largest absolute Gasteiger partial charge is 0.497 e. The Morgan fingerprint density at radius 3 is 2.53 bits per heavy atom. The highest BCUT2D eigenvalue weighted by Gasteiger charge is 2.29. The second-order valence-electron chi connectivity index (χ2n) is 9.02. The van der Waals surface area contributed by atoms with E-state index in [1.165, 1.54) is 6.42 Å². The van der Waals surface area contributed by atoms with Crippen molar-refractivity contribution in [2.75, 3.05) is 7.11 Å². The maximum Gasteiger partial charge on any atom is 0.269 e. The number of carbonyl (C=O) groups is 1. The van der Waals surface area contributed by atoms with Crippen LogP contribution in [0, 0.1) is 6.92 Å². The van der Waals surface area contributed by atoms with Crippen molar-refractivity contribution in [2.24, 2.45) is 4.99 Å². The number of aromatic nitrogens is 4. The van der Waals surface area contributed by atoms with Gasteiger partial charge in [0.1, 0.15) is 17.3 Å². The van der Waals surface area contributed by atoms with Gasteiger partial charge in [0.2, 0.25) is 0 Å². The summed E-state index contributed by atoms with van der Waals surface area (Å²) in [5, 5.41) is 12.7. The molecule has 0 saturated carbocycles. The first-order valence-corrected chi connectivity index (χ1v) is 12.7. The summed E-state index contributed by atoms with van der Waals surface area (Å²) >= 11 is 0. The standard InChI is InChI=1S/C27H22N6O2.C3H8.H2/c1-16-31-32-26-25(30-27(34)22-14-18-12-13-19(35-2)15-21(18)28-22)29-24(17-8-4-3-5-9-17)20-10-6-7-11-23(20)33(16)26;1-3-2;/h3-15,25,28H,1-2H3,(H,30,34);3H2,1-2H3;1H. The number of ether oxygens (including phenoxy) is 1. The minimum atomic E-state index is -0.743. The van der Waals surface area contributed by atoms with Gasteiger partial charge in [0.05, 0.1) is 18.5 Å². The van der Waals surface area contributed by atoms with Gasteiger partial charge < -0.3 is 15.0 Å². The Hall–Kier alpha value is -4.72. The van der Waals surface area contributed by atoms with Gasteiger partial charge in [0, 0.05) is 29.5 Å². The van der Waals surface area contributed by atoms with Crippen molar-refractivity contribution in [2.45, 2.75) is 33.4 Å². The molecule has 1 atom stereocenters. The molecule has 8 heteroatoms. The number of carbonyl (C=O) groups excluding carboxylic acids is 1. The lowest BCUT2D eigenvalue weighted by molar-refractivity contribution is 0.0932. The van der Waals surface area contributed by atoms with Crippen LogP contribution in [-0.2, 0) is 0 Å². The fraction of sp³-hybridized carbons (Fsp3) is 0.200. The highest BCUT2D eigenvalue weighted by molar-refractivity contribution is 6.15. The summed E-state index contributed by atoms with van der Waals surface area (Å²) in [6.45, 7) is 6.14. The molecule has 0 aliphatic carbocycles. The van der Waals surface area contributed by atoms with E-state index in [1.807, 2.05) is 90.4 Å². The van der Waals surface area contributed by atoms with Gasteiger partial charge in [0.15, 0.2) is 12.0 Å². The molecule has 5 aromatic rings. The monoisotopic (exact) mass is 508 g/mol. The first-order valence-electron chi connectivity index (χ1n) is 12.7. The number of hydrogen-bond donors (Lipinski definition) is 2. The molecule has 2 N–H and O–H groups in total. The summed E-state index contributed by atoms with van der Waals surface area (Å²) < 4.78 is 7.25. The Labute approximate surface area is 222 Å². The third-order valence-corrected chi connectivity index (χ3v) is 6.14. The molecule has 1 amide bonds. The molecule has 1 unspecified atom stereocenters. The van der Waals surface area contributed by atoms with Crippen LogP contribution in [0.25, 0.3) is 16.6 Å².